The van der Waals surface area contributed by atoms with Gasteiger partial charge in [0.05, 0.1) is 11.1 Å². The van der Waals surface area contributed by atoms with E-state index in [4.69, 9.17) is 27.9 Å². The number of halogens is 2. The van der Waals surface area contributed by atoms with Crippen molar-refractivity contribution in [3.63, 3.8) is 0 Å². The standard InChI is InChI=1S/C11H13Cl2NO/c1-6(2)14-9-5-15-11-7(9)3-4-8(12)10(11)13/h3-4,6,9,14H,5H2,1-2H3. The number of hydrogen-bond donors (Lipinski definition) is 1. The van der Waals surface area contributed by atoms with Crippen molar-refractivity contribution in [2.75, 3.05) is 6.61 Å². The van der Waals surface area contributed by atoms with Gasteiger partial charge < -0.3 is 10.1 Å². The Morgan fingerprint density at radius 1 is 1.40 bits per heavy atom. The van der Waals surface area contributed by atoms with Gasteiger partial charge in [-0.3, -0.25) is 0 Å². The number of ether oxygens (including phenoxy) is 1. The molecule has 1 N–H and O–H groups in total. The van der Waals surface area contributed by atoms with Gasteiger partial charge in [-0.15, -0.1) is 0 Å². The predicted molar refractivity (Wildman–Crippen MR) is 63.0 cm³/mol. The van der Waals surface area contributed by atoms with Crippen LogP contribution in [0.1, 0.15) is 25.5 Å². The van der Waals surface area contributed by atoms with Crippen LogP contribution in [0.5, 0.6) is 5.75 Å². The van der Waals surface area contributed by atoms with Gasteiger partial charge in [-0.1, -0.05) is 43.1 Å². The van der Waals surface area contributed by atoms with Crippen molar-refractivity contribution in [2.24, 2.45) is 0 Å². The van der Waals surface area contributed by atoms with Crippen molar-refractivity contribution >= 4 is 23.2 Å². The zero-order valence-corrected chi connectivity index (χ0v) is 10.2. The van der Waals surface area contributed by atoms with Crippen LogP contribution in [0.3, 0.4) is 0 Å². The van der Waals surface area contributed by atoms with Crippen molar-refractivity contribution in [2.45, 2.75) is 25.9 Å². The second kappa shape index (κ2) is 4.20. The Bertz CT molecular complexity index is 379. The van der Waals surface area contributed by atoms with Gasteiger partial charge in [0.25, 0.3) is 0 Å². The first-order chi connectivity index (χ1) is 7.09. The van der Waals surface area contributed by atoms with Crippen LogP contribution >= 0.6 is 23.2 Å². The third kappa shape index (κ3) is 2.07. The molecule has 0 bridgehead atoms. The largest absolute Gasteiger partial charge is 0.490 e. The summed E-state index contributed by atoms with van der Waals surface area (Å²) in [5, 5.41) is 4.48. The number of hydrogen-bond acceptors (Lipinski definition) is 2. The molecule has 4 heteroatoms. The maximum Gasteiger partial charge on any atom is 0.144 e. The fourth-order valence-corrected chi connectivity index (χ4v) is 2.14. The molecule has 0 aliphatic carbocycles. The summed E-state index contributed by atoms with van der Waals surface area (Å²) in [6, 6.07) is 4.41. The van der Waals surface area contributed by atoms with E-state index in [0.717, 1.165) is 11.3 Å². The first-order valence-electron chi connectivity index (χ1n) is 4.96. The Morgan fingerprint density at radius 3 is 2.80 bits per heavy atom. The Balaban J connectivity index is 2.32. The second-order valence-electron chi connectivity index (χ2n) is 3.96. The second-order valence-corrected chi connectivity index (χ2v) is 4.75. The number of nitrogens with one attached hydrogen (secondary N) is 1. The van der Waals surface area contributed by atoms with Gasteiger partial charge in [0.2, 0.25) is 0 Å². The van der Waals surface area contributed by atoms with Crippen molar-refractivity contribution < 1.29 is 4.74 Å². The van der Waals surface area contributed by atoms with Crippen LogP contribution in [-0.2, 0) is 0 Å². The van der Waals surface area contributed by atoms with Gasteiger partial charge >= 0.3 is 0 Å². The Labute approximate surface area is 99.5 Å². The summed E-state index contributed by atoms with van der Waals surface area (Å²) < 4.78 is 5.54. The summed E-state index contributed by atoms with van der Waals surface area (Å²) in [5.41, 5.74) is 1.10. The zero-order chi connectivity index (χ0) is 11.0. The lowest BCUT2D eigenvalue weighted by molar-refractivity contribution is 0.303. The molecule has 2 nitrogen and oxygen atoms in total. The molecule has 0 saturated carbocycles. The van der Waals surface area contributed by atoms with Crippen LogP contribution < -0.4 is 10.1 Å². The molecule has 0 amide bonds. The minimum atomic E-state index is 0.217. The van der Waals surface area contributed by atoms with Crippen molar-refractivity contribution in [1.29, 1.82) is 0 Å². The first kappa shape index (κ1) is 11.1. The highest BCUT2D eigenvalue weighted by atomic mass is 35.5. The van der Waals surface area contributed by atoms with E-state index in [9.17, 15) is 0 Å². The maximum absolute atomic E-state index is 6.06. The van der Waals surface area contributed by atoms with Gasteiger partial charge in [-0.05, 0) is 6.07 Å². The molecule has 82 valence electrons. The summed E-state index contributed by atoms with van der Waals surface area (Å²) in [4.78, 5) is 0. The molecule has 0 aromatic heterocycles. The lowest BCUT2D eigenvalue weighted by Crippen LogP contribution is -2.28. The third-order valence-electron chi connectivity index (χ3n) is 2.38. The minimum absolute atomic E-state index is 0.217. The highest BCUT2D eigenvalue weighted by Crippen LogP contribution is 2.42. The average Bonchev–Trinajstić information content (AvgIpc) is 2.55. The smallest absolute Gasteiger partial charge is 0.144 e. The Kier molecular flexibility index (Phi) is 3.10. The normalized spacial score (nSPS) is 19.1. The van der Waals surface area contributed by atoms with Crippen molar-refractivity contribution in [3.8, 4) is 5.75 Å². The summed E-state index contributed by atoms with van der Waals surface area (Å²) in [6.07, 6.45) is 0. The molecule has 15 heavy (non-hydrogen) atoms. The molecular formula is C11H13Cl2NO. The van der Waals surface area contributed by atoms with Gasteiger partial charge in [-0.2, -0.15) is 0 Å². The van der Waals surface area contributed by atoms with E-state index < -0.39 is 0 Å². The van der Waals surface area contributed by atoms with Gasteiger partial charge in [0.15, 0.2) is 0 Å². The average molecular weight is 246 g/mol. The molecule has 0 fully saturated rings. The molecule has 2 rings (SSSR count). The van der Waals surface area contributed by atoms with Crippen LogP contribution in [0.4, 0.5) is 0 Å². The molecule has 1 unspecified atom stereocenters. The predicted octanol–water partition coefficient (Wildman–Crippen LogP) is 3.42. The summed E-state index contributed by atoms with van der Waals surface area (Å²) >= 11 is 12.0. The van der Waals surface area contributed by atoms with E-state index in [1.165, 1.54) is 0 Å². The quantitative estimate of drug-likeness (QED) is 0.863. The highest BCUT2D eigenvalue weighted by Gasteiger charge is 2.27. The van der Waals surface area contributed by atoms with E-state index in [-0.39, 0.29) is 6.04 Å². The van der Waals surface area contributed by atoms with Crippen LogP contribution in [0.2, 0.25) is 10.0 Å². The fourth-order valence-electron chi connectivity index (χ4n) is 1.76. The SMILES string of the molecule is CC(C)NC1COc2c1ccc(Cl)c2Cl. The van der Waals surface area contributed by atoms with Gasteiger partial charge in [-0.25, -0.2) is 0 Å². The maximum atomic E-state index is 6.06. The fraction of sp³-hybridized carbons (Fsp3) is 0.455. The van der Waals surface area contributed by atoms with E-state index in [2.05, 4.69) is 19.2 Å². The molecule has 1 aromatic carbocycles. The zero-order valence-electron chi connectivity index (χ0n) is 8.68. The Morgan fingerprint density at radius 2 is 2.13 bits per heavy atom. The van der Waals surface area contributed by atoms with Crippen LogP contribution in [0, 0.1) is 0 Å². The molecule has 1 aromatic rings. The van der Waals surface area contributed by atoms with Crippen LogP contribution in [0.15, 0.2) is 12.1 Å². The van der Waals surface area contributed by atoms with E-state index in [1.54, 1.807) is 0 Å². The topological polar surface area (TPSA) is 21.3 Å². The molecular weight excluding hydrogens is 233 g/mol. The van der Waals surface area contributed by atoms with Crippen LogP contribution in [-0.4, -0.2) is 12.6 Å². The first-order valence-corrected chi connectivity index (χ1v) is 5.72. The van der Waals surface area contributed by atoms with E-state index in [0.29, 0.717) is 22.7 Å². The molecule has 0 spiro atoms. The molecule has 0 radical (unpaired) electrons. The highest BCUT2D eigenvalue weighted by molar-refractivity contribution is 6.43. The van der Waals surface area contributed by atoms with E-state index in [1.807, 2.05) is 12.1 Å². The third-order valence-corrected chi connectivity index (χ3v) is 3.17. The molecule has 0 saturated heterocycles. The molecule has 1 atom stereocenters. The molecule has 1 heterocycles. The van der Waals surface area contributed by atoms with Crippen molar-refractivity contribution in [3.05, 3.63) is 27.7 Å². The molecule has 1 aliphatic rings. The van der Waals surface area contributed by atoms with Crippen LogP contribution in [0.25, 0.3) is 0 Å². The monoisotopic (exact) mass is 245 g/mol. The van der Waals surface area contributed by atoms with Gasteiger partial charge in [0.1, 0.15) is 17.4 Å². The summed E-state index contributed by atoms with van der Waals surface area (Å²) in [5.74, 6) is 0.724. The van der Waals surface area contributed by atoms with Gasteiger partial charge in [0, 0.05) is 11.6 Å². The van der Waals surface area contributed by atoms with Crippen molar-refractivity contribution in [1.82, 2.24) is 5.32 Å². The van der Waals surface area contributed by atoms with E-state index >= 15 is 0 Å². The lowest BCUT2D eigenvalue weighted by Gasteiger charge is -2.14. The number of benzene rings is 1. The Hall–Kier alpha value is -0.440. The summed E-state index contributed by atoms with van der Waals surface area (Å²) in [6.45, 7) is 4.83. The molecule has 1 aliphatic heterocycles. The number of rotatable bonds is 2. The number of fused-ring (bicyclic) bond motifs is 1. The minimum Gasteiger partial charge on any atom is -0.490 e. The summed E-state index contributed by atoms with van der Waals surface area (Å²) in [7, 11) is 0. The lowest BCUT2D eigenvalue weighted by atomic mass is 10.1.